The molecule has 0 aromatic heterocycles. The largest absolute Gasteiger partial charge is 0.378 e. The molecule has 0 radical (unpaired) electrons. The average Bonchev–Trinajstić information content (AvgIpc) is 2.68. The summed E-state index contributed by atoms with van der Waals surface area (Å²) in [5, 5.41) is 0. The Bertz CT molecular complexity index is 341. The van der Waals surface area contributed by atoms with Gasteiger partial charge in [-0.2, -0.15) is 0 Å². The van der Waals surface area contributed by atoms with Crippen molar-refractivity contribution in [1.82, 2.24) is 0 Å². The molecule has 3 saturated carbocycles. The van der Waals surface area contributed by atoms with Gasteiger partial charge in [-0.25, -0.2) is 0 Å². The first-order valence-electron chi connectivity index (χ1n) is 11.9. The van der Waals surface area contributed by atoms with Crippen LogP contribution in [0.15, 0.2) is 0 Å². The van der Waals surface area contributed by atoms with Crippen LogP contribution in [0.3, 0.4) is 0 Å². The van der Waals surface area contributed by atoms with Crippen molar-refractivity contribution in [1.29, 1.82) is 0 Å². The molecule has 1 heteroatoms. The van der Waals surface area contributed by atoms with E-state index in [-0.39, 0.29) is 0 Å². The molecule has 3 fully saturated rings. The van der Waals surface area contributed by atoms with Gasteiger partial charge in [0.15, 0.2) is 0 Å². The number of hydrogen-bond acceptors (Lipinski definition) is 1. The van der Waals surface area contributed by atoms with Gasteiger partial charge in [0.25, 0.3) is 0 Å². The van der Waals surface area contributed by atoms with E-state index in [1.165, 1.54) is 96.3 Å². The third-order valence-corrected chi connectivity index (χ3v) is 8.09. The van der Waals surface area contributed by atoms with E-state index >= 15 is 0 Å². The zero-order chi connectivity index (χ0) is 17.5. The summed E-state index contributed by atoms with van der Waals surface area (Å²) in [6.07, 6.45) is 22.3. The first-order valence-corrected chi connectivity index (χ1v) is 11.9. The first-order chi connectivity index (χ1) is 12.3. The van der Waals surface area contributed by atoms with Gasteiger partial charge in [-0.15, -0.1) is 0 Å². The fourth-order valence-corrected chi connectivity index (χ4v) is 6.16. The summed E-state index contributed by atoms with van der Waals surface area (Å²) in [7, 11) is 0. The van der Waals surface area contributed by atoms with E-state index in [1.807, 2.05) is 0 Å². The van der Waals surface area contributed by atoms with Crippen molar-refractivity contribution < 1.29 is 4.74 Å². The lowest BCUT2D eigenvalue weighted by Crippen LogP contribution is -2.29. The maximum atomic E-state index is 6.36. The minimum Gasteiger partial charge on any atom is -0.378 e. The molecule has 0 heterocycles. The van der Waals surface area contributed by atoms with Crippen molar-refractivity contribution in [3.63, 3.8) is 0 Å². The number of hydrogen-bond donors (Lipinski definition) is 0. The fraction of sp³-hybridized carbons (Fsp3) is 1.00. The molecule has 3 rings (SSSR count). The maximum absolute atomic E-state index is 6.36. The highest BCUT2D eigenvalue weighted by atomic mass is 16.5. The minimum atomic E-state index is 0.593. The lowest BCUT2D eigenvalue weighted by Gasteiger charge is -2.38. The molecule has 146 valence electrons. The van der Waals surface area contributed by atoms with Crippen LogP contribution in [0.4, 0.5) is 0 Å². The van der Waals surface area contributed by atoms with Crippen LogP contribution in [0.25, 0.3) is 0 Å². The van der Waals surface area contributed by atoms with Gasteiger partial charge in [0.2, 0.25) is 0 Å². The first kappa shape index (κ1) is 19.7. The lowest BCUT2D eigenvalue weighted by atomic mass is 9.69. The highest BCUT2D eigenvalue weighted by Gasteiger charge is 2.31. The highest BCUT2D eigenvalue weighted by Crippen LogP contribution is 2.42. The van der Waals surface area contributed by atoms with E-state index in [0.717, 1.165) is 36.2 Å². The molecule has 25 heavy (non-hydrogen) atoms. The van der Waals surface area contributed by atoms with Gasteiger partial charge in [0, 0.05) is 6.61 Å². The van der Waals surface area contributed by atoms with Crippen molar-refractivity contribution in [3.8, 4) is 0 Å². The Morgan fingerprint density at radius 1 is 0.600 bits per heavy atom. The van der Waals surface area contributed by atoms with Crippen molar-refractivity contribution >= 4 is 0 Å². The van der Waals surface area contributed by atoms with Crippen LogP contribution in [0.2, 0.25) is 0 Å². The highest BCUT2D eigenvalue weighted by molar-refractivity contribution is 4.82. The average molecular weight is 349 g/mol. The monoisotopic (exact) mass is 348 g/mol. The molecule has 0 saturated heterocycles. The Kier molecular flexibility index (Phi) is 8.15. The molecular weight excluding hydrogens is 304 g/mol. The topological polar surface area (TPSA) is 9.23 Å². The van der Waals surface area contributed by atoms with Crippen LogP contribution in [-0.4, -0.2) is 12.7 Å². The maximum Gasteiger partial charge on any atom is 0.0575 e. The molecule has 0 spiro atoms. The van der Waals surface area contributed by atoms with Crippen LogP contribution in [-0.2, 0) is 4.74 Å². The SMILES string of the molecule is CCCC1CCC(OCC2CCC(C3CCC(CC)CC3)CC2)CC1. The standard InChI is InChI=1S/C24H44O/c1-3-5-20-10-16-24(17-11-20)25-18-21-8-14-23(15-9-21)22-12-6-19(4-2)7-13-22/h19-24H,3-18H2,1-2H3. The smallest absolute Gasteiger partial charge is 0.0575 e. The van der Waals surface area contributed by atoms with Crippen LogP contribution in [0.1, 0.15) is 110 Å². The zero-order valence-corrected chi connectivity index (χ0v) is 17.2. The van der Waals surface area contributed by atoms with Crippen molar-refractivity contribution in [2.45, 2.75) is 116 Å². The van der Waals surface area contributed by atoms with E-state index in [2.05, 4.69) is 13.8 Å². The minimum absolute atomic E-state index is 0.593. The Labute approximate surface area is 157 Å². The van der Waals surface area contributed by atoms with Gasteiger partial charge in [0.05, 0.1) is 6.10 Å². The number of rotatable bonds is 7. The van der Waals surface area contributed by atoms with E-state index in [0.29, 0.717) is 6.10 Å². The summed E-state index contributed by atoms with van der Waals surface area (Å²) in [5.74, 6) is 5.05. The molecule has 0 atom stereocenters. The van der Waals surface area contributed by atoms with Gasteiger partial charge in [0.1, 0.15) is 0 Å². The summed E-state index contributed by atoms with van der Waals surface area (Å²) >= 11 is 0. The zero-order valence-electron chi connectivity index (χ0n) is 17.2. The summed E-state index contributed by atoms with van der Waals surface area (Å²) < 4.78 is 6.36. The van der Waals surface area contributed by atoms with Crippen LogP contribution >= 0.6 is 0 Å². The molecule has 0 aromatic rings. The predicted octanol–water partition coefficient (Wildman–Crippen LogP) is 7.38. The Morgan fingerprint density at radius 3 is 1.64 bits per heavy atom. The van der Waals surface area contributed by atoms with E-state index in [9.17, 15) is 0 Å². The Morgan fingerprint density at radius 2 is 1.12 bits per heavy atom. The third-order valence-electron chi connectivity index (χ3n) is 8.09. The summed E-state index contributed by atoms with van der Waals surface area (Å²) in [4.78, 5) is 0. The van der Waals surface area contributed by atoms with Gasteiger partial charge in [-0.3, -0.25) is 0 Å². The molecule has 0 unspecified atom stereocenters. The second kappa shape index (κ2) is 10.3. The summed E-state index contributed by atoms with van der Waals surface area (Å²) in [5.41, 5.74) is 0. The van der Waals surface area contributed by atoms with Crippen molar-refractivity contribution in [3.05, 3.63) is 0 Å². The molecule has 0 N–H and O–H groups in total. The molecule has 3 aliphatic carbocycles. The normalized spacial score (nSPS) is 40.1. The van der Waals surface area contributed by atoms with Gasteiger partial charge in [-0.1, -0.05) is 46.0 Å². The van der Waals surface area contributed by atoms with E-state index in [4.69, 9.17) is 4.74 Å². The van der Waals surface area contributed by atoms with Gasteiger partial charge < -0.3 is 4.74 Å². The third kappa shape index (κ3) is 5.98. The molecule has 0 aliphatic heterocycles. The quantitative estimate of drug-likeness (QED) is 0.466. The number of ether oxygens (including phenoxy) is 1. The second-order valence-corrected chi connectivity index (χ2v) is 9.73. The van der Waals surface area contributed by atoms with Crippen LogP contribution < -0.4 is 0 Å². The molecule has 0 bridgehead atoms. The van der Waals surface area contributed by atoms with Crippen LogP contribution in [0, 0.1) is 29.6 Å². The van der Waals surface area contributed by atoms with Gasteiger partial charge >= 0.3 is 0 Å². The van der Waals surface area contributed by atoms with Gasteiger partial charge in [-0.05, 0) is 93.8 Å². The molecule has 3 aliphatic rings. The molecule has 1 nitrogen and oxygen atoms in total. The van der Waals surface area contributed by atoms with Crippen molar-refractivity contribution in [2.24, 2.45) is 29.6 Å². The van der Waals surface area contributed by atoms with E-state index < -0.39 is 0 Å². The summed E-state index contributed by atoms with van der Waals surface area (Å²) in [6, 6.07) is 0. The Hall–Kier alpha value is -0.0400. The lowest BCUT2D eigenvalue weighted by molar-refractivity contribution is -0.0129. The van der Waals surface area contributed by atoms with Crippen LogP contribution in [0.5, 0.6) is 0 Å². The van der Waals surface area contributed by atoms with E-state index in [1.54, 1.807) is 0 Å². The second-order valence-electron chi connectivity index (χ2n) is 9.73. The fourth-order valence-electron chi connectivity index (χ4n) is 6.16. The molecular formula is C24H44O. The van der Waals surface area contributed by atoms with Crippen molar-refractivity contribution in [2.75, 3.05) is 6.61 Å². The predicted molar refractivity (Wildman–Crippen MR) is 108 cm³/mol. The molecule has 0 amide bonds. The Balaban J connectivity index is 1.28. The molecule has 0 aromatic carbocycles. The summed E-state index contributed by atoms with van der Waals surface area (Å²) in [6.45, 7) is 5.78.